The number of hydrogen-bond donors (Lipinski definition) is 2. The van der Waals surface area contributed by atoms with Crippen molar-refractivity contribution < 1.29 is 14.4 Å². The lowest BCUT2D eigenvalue weighted by Crippen LogP contribution is -2.66. The number of anilines is 1. The highest BCUT2D eigenvalue weighted by Gasteiger charge is 2.52. The molecule has 2 aliphatic rings. The van der Waals surface area contributed by atoms with Crippen LogP contribution in [0.2, 0.25) is 0 Å². The first-order valence-electron chi connectivity index (χ1n) is 15.5. The molecular formula is C36H36I2N6O3. The van der Waals surface area contributed by atoms with Gasteiger partial charge < -0.3 is 20.4 Å². The van der Waals surface area contributed by atoms with Gasteiger partial charge in [-0.25, -0.2) is 4.79 Å². The van der Waals surface area contributed by atoms with E-state index in [0.717, 1.165) is 40.3 Å². The first-order chi connectivity index (χ1) is 22.8. The molecule has 0 radical (unpaired) electrons. The maximum absolute atomic E-state index is 14.3. The number of urea groups is 1. The van der Waals surface area contributed by atoms with Crippen molar-refractivity contribution in [3.63, 3.8) is 0 Å². The third-order valence-corrected chi connectivity index (χ3v) is 11.6. The van der Waals surface area contributed by atoms with E-state index in [1.807, 2.05) is 78.7 Å². The van der Waals surface area contributed by atoms with Gasteiger partial charge in [-0.2, -0.15) is 5.01 Å². The number of amides is 4. The lowest BCUT2D eigenvalue weighted by atomic mass is 9.98. The molecule has 2 heterocycles. The highest BCUT2D eigenvalue weighted by atomic mass is 127. The van der Waals surface area contributed by atoms with Crippen molar-refractivity contribution >= 4 is 79.5 Å². The zero-order valence-corrected chi connectivity index (χ0v) is 30.3. The number of benzene rings is 4. The maximum Gasteiger partial charge on any atom is 0.332 e. The molecule has 6 rings (SSSR count). The third-order valence-electron chi connectivity index (χ3n) is 8.75. The molecule has 2 saturated heterocycles. The second-order valence-electron chi connectivity index (χ2n) is 11.7. The van der Waals surface area contributed by atoms with E-state index in [9.17, 15) is 14.4 Å². The molecule has 2 aliphatic heterocycles. The van der Waals surface area contributed by atoms with Gasteiger partial charge >= 0.3 is 6.03 Å². The van der Waals surface area contributed by atoms with Crippen LogP contribution in [-0.4, -0.2) is 76.6 Å². The molecule has 242 valence electrons. The molecule has 2 N–H and O–H groups in total. The van der Waals surface area contributed by atoms with Crippen molar-refractivity contribution in [3.05, 3.63) is 121 Å². The first kappa shape index (κ1) is 33.2. The van der Waals surface area contributed by atoms with Crippen molar-refractivity contribution in [1.29, 1.82) is 0 Å². The number of hydrazine groups is 1. The maximum atomic E-state index is 14.3. The Morgan fingerprint density at radius 2 is 1.72 bits per heavy atom. The summed E-state index contributed by atoms with van der Waals surface area (Å²) in [5.41, 5.74) is 3.93. The predicted molar refractivity (Wildman–Crippen MR) is 201 cm³/mol. The first-order valence-corrected chi connectivity index (χ1v) is 17.6. The summed E-state index contributed by atoms with van der Waals surface area (Å²) < 4.78 is 2.26. The van der Waals surface area contributed by atoms with Gasteiger partial charge in [-0.15, -0.1) is 6.58 Å². The van der Waals surface area contributed by atoms with Gasteiger partial charge in [0.15, 0.2) is 0 Å². The summed E-state index contributed by atoms with van der Waals surface area (Å²) in [5, 5.41) is 11.7. The van der Waals surface area contributed by atoms with Crippen molar-refractivity contribution in [2.75, 3.05) is 32.0 Å². The fourth-order valence-electron chi connectivity index (χ4n) is 6.40. The van der Waals surface area contributed by atoms with E-state index in [4.69, 9.17) is 0 Å². The van der Waals surface area contributed by atoms with Gasteiger partial charge in [0.05, 0.1) is 19.6 Å². The van der Waals surface area contributed by atoms with Crippen LogP contribution in [-0.2, 0) is 29.1 Å². The molecule has 9 nitrogen and oxygen atoms in total. The Kier molecular flexibility index (Phi) is 10.3. The highest BCUT2D eigenvalue weighted by molar-refractivity contribution is 14.1. The Morgan fingerprint density at radius 1 is 0.979 bits per heavy atom. The van der Waals surface area contributed by atoms with E-state index in [0.29, 0.717) is 19.5 Å². The fourth-order valence-corrected chi connectivity index (χ4v) is 7.32. The number of carbonyl (C=O) groups excluding carboxylic acids is 3. The average molecular weight is 855 g/mol. The number of halogens is 2. The Balaban J connectivity index is 1.31. The summed E-state index contributed by atoms with van der Waals surface area (Å²) >= 11 is 4.57. The van der Waals surface area contributed by atoms with Crippen LogP contribution in [0.5, 0.6) is 0 Å². The van der Waals surface area contributed by atoms with Gasteiger partial charge in [0.2, 0.25) is 11.8 Å². The van der Waals surface area contributed by atoms with E-state index in [2.05, 4.69) is 80.6 Å². The predicted octanol–water partition coefficient (Wildman–Crippen LogP) is 5.83. The minimum atomic E-state index is -0.718. The van der Waals surface area contributed by atoms with Gasteiger partial charge in [-0.1, -0.05) is 66.7 Å². The molecule has 11 heteroatoms. The zero-order valence-electron chi connectivity index (χ0n) is 26.0. The number of hydrogen-bond acceptors (Lipinski definition) is 5. The van der Waals surface area contributed by atoms with Crippen molar-refractivity contribution in [3.8, 4) is 0 Å². The van der Waals surface area contributed by atoms with E-state index < -0.39 is 12.2 Å². The normalized spacial score (nSPS) is 17.9. The molecule has 0 unspecified atom stereocenters. The second-order valence-corrected chi connectivity index (χ2v) is 14.0. The zero-order chi connectivity index (χ0) is 33.1. The number of nitrogens with zero attached hydrogens (tertiary/aromatic N) is 4. The van der Waals surface area contributed by atoms with E-state index in [-0.39, 0.29) is 37.5 Å². The Labute approximate surface area is 302 Å². The van der Waals surface area contributed by atoms with Gasteiger partial charge in [-0.05, 0) is 96.9 Å². The molecule has 0 saturated carbocycles. The lowest BCUT2D eigenvalue weighted by molar-refractivity contribution is -0.157. The van der Waals surface area contributed by atoms with Crippen LogP contribution in [0.1, 0.15) is 16.7 Å². The summed E-state index contributed by atoms with van der Waals surface area (Å²) in [4.78, 5) is 45.4. The van der Waals surface area contributed by atoms with Crippen molar-refractivity contribution in [1.82, 2.24) is 25.1 Å². The van der Waals surface area contributed by atoms with Crippen molar-refractivity contribution in [2.45, 2.75) is 31.7 Å². The summed E-state index contributed by atoms with van der Waals surface area (Å²) in [6, 6.07) is 27.2. The molecule has 2 fully saturated rings. The van der Waals surface area contributed by atoms with E-state index in [1.54, 1.807) is 21.0 Å². The molecule has 0 spiro atoms. The Hall–Kier alpha value is -3.69. The molecule has 2 atom stereocenters. The monoisotopic (exact) mass is 854 g/mol. The van der Waals surface area contributed by atoms with Crippen LogP contribution in [0, 0.1) is 7.14 Å². The summed E-state index contributed by atoms with van der Waals surface area (Å²) in [6.07, 6.45) is 1.49. The van der Waals surface area contributed by atoms with Crippen LogP contribution in [0.4, 0.5) is 10.5 Å². The number of fused-ring (bicyclic) bond motifs is 2. The number of piperazine rings is 1. The van der Waals surface area contributed by atoms with Crippen LogP contribution >= 0.6 is 45.2 Å². The minimum absolute atomic E-state index is 0.0159. The molecule has 4 aromatic carbocycles. The van der Waals surface area contributed by atoms with Crippen LogP contribution in [0.25, 0.3) is 10.8 Å². The van der Waals surface area contributed by atoms with Crippen LogP contribution in [0.15, 0.2) is 97.6 Å². The molecular weight excluding hydrogens is 818 g/mol. The molecule has 4 aromatic rings. The molecule has 0 aliphatic carbocycles. The van der Waals surface area contributed by atoms with Gasteiger partial charge in [0.25, 0.3) is 0 Å². The fraction of sp³-hybridized carbons (Fsp3) is 0.250. The Bertz CT molecular complexity index is 1810. The topological polar surface area (TPSA) is 88.2 Å². The van der Waals surface area contributed by atoms with E-state index in [1.165, 1.54) is 0 Å². The number of carbonyl (C=O) groups is 3. The quantitative estimate of drug-likeness (QED) is 0.155. The number of nitrogens with one attached hydrogen (secondary N) is 2. The third kappa shape index (κ3) is 7.11. The number of rotatable bonds is 10. The largest absolute Gasteiger partial charge is 0.388 e. The molecule has 0 aromatic heterocycles. The van der Waals surface area contributed by atoms with Gasteiger partial charge in [-0.3, -0.25) is 14.6 Å². The standard InChI is InChI=1S/C36H36I2N6O3/c1-3-17-42(36(47)40-20-25-13-16-30(37)31(38)18-25)43-23-34(45)44-32(19-24-11-14-28(39-2)15-12-24)35(46)41(22-33(43)44)21-27-9-6-8-26-7-4-5-10-29(26)27/h3-16,18,32-33,39H,1,17,19-23H2,2H3,(H,40,47)/t32-,33+/m0/s1. The minimum Gasteiger partial charge on any atom is -0.388 e. The highest BCUT2D eigenvalue weighted by Crippen LogP contribution is 2.31. The van der Waals surface area contributed by atoms with Gasteiger partial charge in [0.1, 0.15) is 12.2 Å². The van der Waals surface area contributed by atoms with Gasteiger partial charge in [0, 0.05) is 39.4 Å². The summed E-state index contributed by atoms with van der Waals surface area (Å²) in [7, 11) is 1.86. The van der Waals surface area contributed by atoms with Crippen molar-refractivity contribution in [2.24, 2.45) is 0 Å². The SMILES string of the molecule is C=CCN(C(=O)NCc1ccc(I)c(I)c1)N1CC(=O)N2[C@@H](Cc3ccc(NC)cc3)C(=O)N(Cc3cccc4ccccc34)C[C@@H]21. The lowest BCUT2D eigenvalue weighted by Gasteiger charge is -2.46. The summed E-state index contributed by atoms with van der Waals surface area (Å²) in [6.45, 7) is 5.08. The molecule has 47 heavy (non-hydrogen) atoms. The Morgan fingerprint density at radius 3 is 2.47 bits per heavy atom. The molecule has 4 amide bonds. The summed E-state index contributed by atoms with van der Waals surface area (Å²) in [5.74, 6) is -0.283. The second kappa shape index (κ2) is 14.6. The average Bonchev–Trinajstić information content (AvgIpc) is 3.41. The smallest absolute Gasteiger partial charge is 0.332 e. The molecule has 0 bridgehead atoms. The van der Waals surface area contributed by atoms with Crippen LogP contribution < -0.4 is 10.6 Å². The van der Waals surface area contributed by atoms with E-state index >= 15 is 0 Å². The van der Waals surface area contributed by atoms with Crippen LogP contribution in [0.3, 0.4) is 0 Å².